The van der Waals surface area contributed by atoms with E-state index in [1.165, 1.54) is 11.3 Å². The summed E-state index contributed by atoms with van der Waals surface area (Å²) in [4.78, 5) is 6.66. The second-order valence-electron chi connectivity index (χ2n) is 5.92. The minimum absolute atomic E-state index is 0. The molecular weight excluding hydrogens is 457 g/mol. The molecule has 0 spiro atoms. The van der Waals surface area contributed by atoms with Crippen molar-refractivity contribution in [2.45, 2.75) is 13.0 Å². The zero-order valence-corrected chi connectivity index (χ0v) is 18.4. The number of halogens is 1. The molecule has 27 heavy (non-hydrogen) atoms. The first-order valence-corrected chi connectivity index (χ1v) is 8.57. The molecule has 0 radical (unpaired) electrons. The third-order valence-electron chi connectivity index (χ3n) is 4.58. The first-order chi connectivity index (χ1) is 12.7. The molecule has 6 nitrogen and oxygen atoms in total. The highest BCUT2D eigenvalue weighted by Gasteiger charge is 2.23. The van der Waals surface area contributed by atoms with Crippen LogP contribution in [0.1, 0.15) is 11.1 Å². The van der Waals surface area contributed by atoms with Crippen molar-refractivity contribution in [2.75, 3.05) is 39.8 Å². The van der Waals surface area contributed by atoms with E-state index < -0.39 is 0 Å². The van der Waals surface area contributed by atoms with Crippen molar-refractivity contribution in [1.29, 1.82) is 0 Å². The van der Waals surface area contributed by atoms with Gasteiger partial charge in [-0.15, -0.1) is 24.0 Å². The molecule has 0 aromatic heterocycles. The maximum atomic E-state index is 5.56. The third-order valence-corrected chi connectivity index (χ3v) is 4.58. The van der Waals surface area contributed by atoms with Gasteiger partial charge in [-0.05, 0) is 30.2 Å². The molecule has 2 aromatic carbocycles. The van der Waals surface area contributed by atoms with Gasteiger partial charge in [0.2, 0.25) is 5.75 Å². The Balaban J connectivity index is 0.00000261. The number of aliphatic imine (C=N–C) groups is 1. The molecule has 0 bridgehead atoms. The van der Waals surface area contributed by atoms with E-state index in [0.717, 1.165) is 24.5 Å². The molecule has 7 heteroatoms. The van der Waals surface area contributed by atoms with Crippen LogP contribution in [0.15, 0.2) is 41.4 Å². The van der Waals surface area contributed by atoms with Gasteiger partial charge in [0.05, 0.1) is 21.3 Å². The fourth-order valence-electron chi connectivity index (χ4n) is 3.33. The van der Waals surface area contributed by atoms with Gasteiger partial charge in [-0.1, -0.05) is 18.2 Å². The van der Waals surface area contributed by atoms with Gasteiger partial charge in [-0.3, -0.25) is 4.99 Å². The average molecular weight is 483 g/mol. The second-order valence-corrected chi connectivity index (χ2v) is 5.92. The van der Waals surface area contributed by atoms with E-state index in [-0.39, 0.29) is 24.0 Å². The molecule has 146 valence electrons. The summed E-state index contributed by atoms with van der Waals surface area (Å²) in [6.07, 6.45) is 1.02. The lowest BCUT2D eigenvalue weighted by Gasteiger charge is -2.23. The predicted molar refractivity (Wildman–Crippen MR) is 119 cm³/mol. The SMILES string of the molecule is CN=C(NCc1ccc(OC)c(OC)c1OC)N1CCc2ccccc21.I. The Bertz CT molecular complexity index is 811. The molecule has 0 fully saturated rings. The van der Waals surface area contributed by atoms with E-state index in [2.05, 4.69) is 39.5 Å². The molecule has 2 aromatic rings. The zero-order chi connectivity index (χ0) is 18.5. The summed E-state index contributed by atoms with van der Waals surface area (Å²) in [5.74, 6) is 2.74. The van der Waals surface area contributed by atoms with E-state index in [1.807, 2.05) is 12.1 Å². The number of hydrogen-bond acceptors (Lipinski definition) is 4. The Hall–Kier alpha value is -2.16. The number of benzene rings is 2. The van der Waals surface area contributed by atoms with Crippen LogP contribution in [0.25, 0.3) is 0 Å². The van der Waals surface area contributed by atoms with Crippen LogP contribution in [0.2, 0.25) is 0 Å². The minimum Gasteiger partial charge on any atom is -0.493 e. The first-order valence-electron chi connectivity index (χ1n) is 8.57. The number of anilines is 1. The highest BCUT2D eigenvalue weighted by Crippen LogP contribution is 2.39. The predicted octanol–water partition coefficient (Wildman–Crippen LogP) is 3.47. The minimum atomic E-state index is 0. The summed E-state index contributed by atoms with van der Waals surface area (Å²) in [6, 6.07) is 12.3. The molecule has 0 atom stereocenters. The van der Waals surface area contributed by atoms with Crippen LogP contribution in [0.3, 0.4) is 0 Å². The summed E-state index contributed by atoms with van der Waals surface area (Å²) in [5, 5.41) is 3.43. The molecule has 0 amide bonds. The Labute approximate surface area is 177 Å². The lowest BCUT2D eigenvalue weighted by molar-refractivity contribution is 0.322. The van der Waals surface area contributed by atoms with Gasteiger partial charge in [0, 0.05) is 31.4 Å². The summed E-state index contributed by atoms with van der Waals surface area (Å²) >= 11 is 0. The molecular formula is C20H26IN3O3. The molecule has 0 aliphatic carbocycles. The quantitative estimate of drug-likeness (QED) is 0.401. The third kappa shape index (κ3) is 4.23. The normalized spacial score (nSPS) is 12.9. The van der Waals surface area contributed by atoms with E-state index >= 15 is 0 Å². The van der Waals surface area contributed by atoms with Crippen molar-refractivity contribution in [2.24, 2.45) is 4.99 Å². The number of ether oxygens (including phenoxy) is 3. The van der Waals surface area contributed by atoms with Crippen molar-refractivity contribution in [1.82, 2.24) is 5.32 Å². The second kappa shape index (κ2) is 9.68. The monoisotopic (exact) mass is 483 g/mol. The molecule has 0 unspecified atom stereocenters. The largest absolute Gasteiger partial charge is 0.493 e. The molecule has 0 saturated carbocycles. The van der Waals surface area contributed by atoms with Gasteiger partial charge < -0.3 is 24.4 Å². The van der Waals surface area contributed by atoms with Crippen molar-refractivity contribution >= 4 is 35.6 Å². The van der Waals surface area contributed by atoms with Crippen molar-refractivity contribution in [3.8, 4) is 17.2 Å². The molecule has 1 N–H and O–H groups in total. The van der Waals surface area contributed by atoms with Crippen molar-refractivity contribution in [3.05, 3.63) is 47.5 Å². The number of nitrogens with zero attached hydrogens (tertiary/aromatic N) is 2. The van der Waals surface area contributed by atoms with E-state index in [9.17, 15) is 0 Å². The first kappa shape index (κ1) is 21.1. The maximum Gasteiger partial charge on any atom is 0.203 e. The number of rotatable bonds is 5. The number of methoxy groups -OCH3 is 3. The zero-order valence-electron chi connectivity index (χ0n) is 16.1. The smallest absolute Gasteiger partial charge is 0.203 e. The van der Waals surface area contributed by atoms with Crippen LogP contribution in [0.5, 0.6) is 17.2 Å². The number of para-hydroxylation sites is 1. The number of guanidine groups is 1. The molecule has 0 saturated heterocycles. The summed E-state index contributed by atoms with van der Waals surface area (Å²) in [6.45, 7) is 1.48. The number of hydrogen-bond donors (Lipinski definition) is 1. The molecule has 1 heterocycles. The van der Waals surface area contributed by atoms with E-state index in [4.69, 9.17) is 14.2 Å². The van der Waals surface area contributed by atoms with Crippen LogP contribution < -0.4 is 24.4 Å². The topological polar surface area (TPSA) is 55.3 Å². The summed E-state index contributed by atoms with van der Waals surface area (Å²) in [7, 11) is 6.65. The van der Waals surface area contributed by atoms with E-state index in [1.54, 1.807) is 28.4 Å². The van der Waals surface area contributed by atoms with Gasteiger partial charge >= 0.3 is 0 Å². The highest BCUT2D eigenvalue weighted by atomic mass is 127. The average Bonchev–Trinajstić information content (AvgIpc) is 3.11. The molecule has 1 aliphatic heterocycles. The fraction of sp³-hybridized carbons (Fsp3) is 0.350. The van der Waals surface area contributed by atoms with Crippen molar-refractivity contribution in [3.63, 3.8) is 0 Å². The van der Waals surface area contributed by atoms with Gasteiger partial charge in [0.15, 0.2) is 17.5 Å². The number of nitrogens with one attached hydrogen (secondary N) is 1. The Morgan fingerprint density at radius 2 is 1.78 bits per heavy atom. The van der Waals surface area contributed by atoms with Crippen LogP contribution >= 0.6 is 24.0 Å². The summed E-state index contributed by atoms with van der Waals surface area (Å²) in [5.41, 5.74) is 3.53. The Kier molecular flexibility index (Phi) is 7.58. The molecule has 3 rings (SSSR count). The molecule has 1 aliphatic rings. The summed E-state index contributed by atoms with van der Waals surface area (Å²) < 4.78 is 16.4. The van der Waals surface area contributed by atoms with Gasteiger partial charge in [0.1, 0.15) is 0 Å². The van der Waals surface area contributed by atoms with Crippen LogP contribution in [0, 0.1) is 0 Å². The standard InChI is InChI=1S/C20H25N3O3.HI/c1-21-20(23-12-11-14-7-5-6-8-16(14)23)22-13-15-9-10-17(24-2)19(26-4)18(15)25-3;/h5-10H,11-13H2,1-4H3,(H,21,22);1H. The fourth-order valence-corrected chi connectivity index (χ4v) is 3.33. The Morgan fingerprint density at radius 1 is 1.04 bits per heavy atom. The van der Waals surface area contributed by atoms with E-state index in [0.29, 0.717) is 23.8 Å². The van der Waals surface area contributed by atoms with Crippen molar-refractivity contribution < 1.29 is 14.2 Å². The van der Waals surface area contributed by atoms with Gasteiger partial charge in [0.25, 0.3) is 0 Å². The maximum absolute atomic E-state index is 5.56. The van der Waals surface area contributed by atoms with Gasteiger partial charge in [-0.25, -0.2) is 0 Å². The lowest BCUT2D eigenvalue weighted by Crippen LogP contribution is -2.40. The highest BCUT2D eigenvalue weighted by molar-refractivity contribution is 14.0. The number of fused-ring (bicyclic) bond motifs is 1. The van der Waals surface area contributed by atoms with Crippen LogP contribution in [-0.2, 0) is 13.0 Å². The van der Waals surface area contributed by atoms with Gasteiger partial charge in [-0.2, -0.15) is 0 Å². The van der Waals surface area contributed by atoms with Crippen LogP contribution in [-0.4, -0.2) is 40.9 Å². The Morgan fingerprint density at radius 3 is 2.44 bits per heavy atom. The lowest BCUT2D eigenvalue weighted by atomic mass is 10.1. The van der Waals surface area contributed by atoms with Crippen LogP contribution in [0.4, 0.5) is 5.69 Å².